The van der Waals surface area contributed by atoms with E-state index in [1.807, 2.05) is 4.90 Å². The summed E-state index contributed by atoms with van der Waals surface area (Å²) in [6.45, 7) is 5.11. The molecule has 1 aliphatic heterocycles. The molecule has 0 N–H and O–H groups in total. The zero-order chi connectivity index (χ0) is 18.4. The molecule has 1 aromatic heterocycles. The van der Waals surface area contributed by atoms with E-state index in [-0.39, 0.29) is 5.91 Å². The second-order valence-electron chi connectivity index (χ2n) is 8.59. The number of carbonyl (C=O) groups excluding carboxylic acids is 1. The molecular formula is C23H28N2O2. The highest BCUT2D eigenvalue weighted by Crippen LogP contribution is 2.47. The zero-order valence-electron chi connectivity index (χ0n) is 16.1. The minimum atomic E-state index is 0.249. The van der Waals surface area contributed by atoms with Crippen molar-refractivity contribution >= 4 is 5.91 Å². The van der Waals surface area contributed by atoms with Crippen LogP contribution in [0.5, 0.6) is 0 Å². The fourth-order valence-corrected chi connectivity index (χ4v) is 4.33. The molecule has 5 rings (SSSR count). The van der Waals surface area contributed by atoms with Gasteiger partial charge in [0.05, 0.1) is 13.1 Å². The lowest BCUT2D eigenvalue weighted by Crippen LogP contribution is -2.43. The minimum absolute atomic E-state index is 0.249. The van der Waals surface area contributed by atoms with Crippen molar-refractivity contribution in [1.82, 2.24) is 9.80 Å². The molecule has 4 heteroatoms. The van der Waals surface area contributed by atoms with E-state index in [9.17, 15) is 4.79 Å². The summed E-state index contributed by atoms with van der Waals surface area (Å²) in [7, 11) is 0. The summed E-state index contributed by atoms with van der Waals surface area (Å²) in [5, 5.41) is 0. The van der Waals surface area contributed by atoms with Crippen molar-refractivity contribution in [3.63, 3.8) is 0 Å². The van der Waals surface area contributed by atoms with E-state index in [0.717, 1.165) is 43.5 Å². The highest BCUT2D eigenvalue weighted by molar-refractivity contribution is 5.78. The molecule has 2 aliphatic carbocycles. The first-order valence-corrected chi connectivity index (χ1v) is 10.3. The topological polar surface area (TPSA) is 36.7 Å². The summed E-state index contributed by atoms with van der Waals surface area (Å²) < 4.78 is 6.09. The molecule has 2 atom stereocenters. The summed E-state index contributed by atoms with van der Waals surface area (Å²) in [6.07, 6.45) is 4.60. The van der Waals surface area contributed by atoms with Gasteiger partial charge in [0, 0.05) is 25.0 Å². The predicted molar refractivity (Wildman–Crippen MR) is 104 cm³/mol. The third-order valence-electron chi connectivity index (χ3n) is 6.40. The Morgan fingerprint density at radius 3 is 2.70 bits per heavy atom. The Kier molecular flexibility index (Phi) is 4.31. The quantitative estimate of drug-likeness (QED) is 0.779. The number of furan rings is 1. The number of rotatable bonds is 6. The first kappa shape index (κ1) is 17.1. The fourth-order valence-electron chi connectivity index (χ4n) is 4.33. The first-order valence-electron chi connectivity index (χ1n) is 10.3. The summed E-state index contributed by atoms with van der Waals surface area (Å²) in [5.74, 6) is 3.76. The first-order chi connectivity index (χ1) is 13.2. The van der Waals surface area contributed by atoms with Crippen LogP contribution >= 0.6 is 0 Å². The molecule has 1 amide bonds. The Hall–Kier alpha value is -2.07. The molecule has 0 bridgehead atoms. The summed E-state index contributed by atoms with van der Waals surface area (Å²) in [5.41, 5.74) is 2.68. The number of fused-ring (bicyclic) bond motifs is 1. The van der Waals surface area contributed by atoms with Crippen molar-refractivity contribution in [1.29, 1.82) is 0 Å². The van der Waals surface area contributed by atoms with Crippen molar-refractivity contribution in [3.8, 4) is 0 Å². The summed E-state index contributed by atoms with van der Waals surface area (Å²) in [4.78, 5) is 17.3. The van der Waals surface area contributed by atoms with Crippen LogP contribution in [0.1, 0.15) is 54.8 Å². The molecule has 2 heterocycles. The Morgan fingerprint density at radius 2 is 1.96 bits per heavy atom. The third-order valence-corrected chi connectivity index (χ3v) is 6.40. The summed E-state index contributed by atoms with van der Waals surface area (Å²) in [6, 6.07) is 13.3. The molecule has 142 valence electrons. The predicted octanol–water partition coefficient (Wildman–Crippen LogP) is 3.95. The van der Waals surface area contributed by atoms with Crippen LogP contribution in [0, 0.1) is 5.92 Å². The Labute approximate surface area is 161 Å². The molecule has 2 saturated carbocycles. The maximum absolute atomic E-state index is 13.0. The Morgan fingerprint density at radius 1 is 1.19 bits per heavy atom. The lowest BCUT2D eigenvalue weighted by molar-refractivity contribution is -0.133. The largest absolute Gasteiger partial charge is 0.464 e. The maximum atomic E-state index is 13.0. The molecule has 27 heavy (non-hydrogen) atoms. The zero-order valence-corrected chi connectivity index (χ0v) is 16.1. The monoisotopic (exact) mass is 364 g/mol. The number of hydrogen-bond donors (Lipinski definition) is 0. The van der Waals surface area contributed by atoms with Gasteiger partial charge in [0.1, 0.15) is 11.5 Å². The van der Waals surface area contributed by atoms with E-state index in [0.29, 0.717) is 18.5 Å². The van der Waals surface area contributed by atoms with Crippen LogP contribution in [0.2, 0.25) is 0 Å². The number of nitrogens with zero attached hydrogens (tertiary/aromatic N) is 2. The van der Waals surface area contributed by atoms with E-state index < -0.39 is 0 Å². The average molecular weight is 364 g/mol. The normalized spacial score (nSPS) is 24.1. The van der Waals surface area contributed by atoms with Gasteiger partial charge in [-0.3, -0.25) is 9.69 Å². The molecule has 3 aliphatic rings. The number of amides is 1. The smallest absolute Gasteiger partial charge is 0.237 e. The SMILES string of the molecule is CC1CC1c1ccc(CN(CC(=O)N2CCc3ccccc3C2)C2CC2)o1. The highest BCUT2D eigenvalue weighted by atomic mass is 16.3. The lowest BCUT2D eigenvalue weighted by atomic mass is 10.00. The summed E-state index contributed by atoms with van der Waals surface area (Å²) >= 11 is 0. The van der Waals surface area contributed by atoms with Crippen LogP contribution < -0.4 is 0 Å². The van der Waals surface area contributed by atoms with Gasteiger partial charge in [0.25, 0.3) is 0 Å². The van der Waals surface area contributed by atoms with Gasteiger partial charge in [-0.05, 0) is 54.9 Å². The second kappa shape index (κ2) is 6.83. The maximum Gasteiger partial charge on any atom is 0.237 e. The van der Waals surface area contributed by atoms with Crippen LogP contribution in [0.3, 0.4) is 0 Å². The van der Waals surface area contributed by atoms with Crippen LogP contribution in [0.4, 0.5) is 0 Å². The molecule has 2 fully saturated rings. The molecular weight excluding hydrogens is 336 g/mol. The third kappa shape index (κ3) is 3.68. The van der Waals surface area contributed by atoms with E-state index in [1.165, 1.54) is 30.4 Å². The molecule has 1 aromatic carbocycles. The van der Waals surface area contributed by atoms with Gasteiger partial charge in [-0.15, -0.1) is 0 Å². The number of carbonyl (C=O) groups is 1. The molecule has 0 spiro atoms. The Balaban J connectivity index is 1.22. The van der Waals surface area contributed by atoms with Gasteiger partial charge in [0.2, 0.25) is 5.91 Å². The number of benzene rings is 1. The Bertz CT molecular complexity index is 838. The van der Waals surface area contributed by atoms with E-state index in [1.54, 1.807) is 0 Å². The molecule has 0 radical (unpaired) electrons. The van der Waals surface area contributed by atoms with E-state index in [2.05, 4.69) is 48.2 Å². The van der Waals surface area contributed by atoms with Gasteiger partial charge >= 0.3 is 0 Å². The van der Waals surface area contributed by atoms with Crippen molar-refractivity contribution in [2.75, 3.05) is 13.1 Å². The molecule has 0 saturated heterocycles. The number of hydrogen-bond acceptors (Lipinski definition) is 3. The van der Waals surface area contributed by atoms with Gasteiger partial charge in [-0.25, -0.2) is 0 Å². The highest BCUT2D eigenvalue weighted by Gasteiger charge is 2.37. The van der Waals surface area contributed by atoms with Crippen LogP contribution in [-0.4, -0.2) is 34.8 Å². The second-order valence-corrected chi connectivity index (χ2v) is 8.59. The van der Waals surface area contributed by atoms with E-state index >= 15 is 0 Å². The van der Waals surface area contributed by atoms with Crippen molar-refractivity contribution < 1.29 is 9.21 Å². The van der Waals surface area contributed by atoms with Gasteiger partial charge in [-0.1, -0.05) is 31.2 Å². The minimum Gasteiger partial charge on any atom is -0.464 e. The lowest BCUT2D eigenvalue weighted by Gasteiger charge is -2.31. The van der Waals surface area contributed by atoms with Gasteiger partial charge in [-0.2, -0.15) is 0 Å². The molecule has 2 aromatic rings. The van der Waals surface area contributed by atoms with Crippen LogP contribution in [0.25, 0.3) is 0 Å². The van der Waals surface area contributed by atoms with Crippen molar-refractivity contribution in [2.45, 2.75) is 57.7 Å². The van der Waals surface area contributed by atoms with Crippen molar-refractivity contribution in [3.05, 3.63) is 59.0 Å². The average Bonchev–Trinajstić information content (AvgIpc) is 3.61. The standard InChI is InChI=1S/C23H28N2O2/c1-16-12-21(16)22-9-8-20(27-22)14-25(19-6-7-19)15-23(26)24-11-10-17-4-2-3-5-18(17)13-24/h2-5,8-9,16,19,21H,6-7,10-15H2,1H3. The van der Waals surface area contributed by atoms with Crippen LogP contribution in [0.15, 0.2) is 40.8 Å². The van der Waals surface area contributed by atoms with Gasteiger partial charge < -0.3 is 9.32 Å². The van der Waals surface area contributed by atoms with Gasteiger partial charge in [0.15, 0.2) is 0 Å². The van der Waals surface area contributed by atoms with Crippen molar-refractivity contribution in [2.24, 2.45) is 5.92 Å². The fraction of sp³-hybridized carbons (Fsp3) is 0.522. The van der Waals surface area contributed by atoms with E-state index in [4.69, 9.17) is 4.42 Å². The molecule has 4 nitrogen and oxygen atoms in total. The molecule has 2 unspecified atom stereocenters. The van der Waals surface area contributed by atoms with Crippen LogP contribution in [-0.2, 0) is 24.3 Å².